The molecular formula is C11H21NO2. The first-order chi connectivity index (χ1) is 6.53. The maximum Gasteiger partial charge on any atom is 0.324 e. The zero-order valence-electron chi connectivity index (χ0n) is 9.34. The molecule has 0 heterocycles. The standard InChI is InChI=1S/C11H21NO2/c1-4-12-11(10(13)14)7-8(2)5-6-9(11)3/h8-9,12H,4-7H2,1-3H3,(H,13,14). The van der Waals surface area contributed by atoms with Gasteiger partial charge in [0.25, 0.3) is 0 Å². The molecule has 0 aromatic carbocycles. The summed E-state index contributed by atoms with van der Waals surface area (Å²) < 4.78 is 0. The van der Waals surface area contributed by atoms with E-state index in [9.17, 15) is 9.90 Å². The molecule has 0 spiro atoms. The van der Waals surface area contributed by atoms with E-state index in [-0.39, 0.29) is 5.92 Å². The van der Waals surface area contributed by atoms with Crippen molar-refractivity contribution in [2.75, 3.05) is 6.54 Å². The first-order valence-corrected chi connectivity index (χ1v) is 5.51. The highest BCUT2D eigenvalue weighted by atomic mass is 16.4. The normalized spacial score (nSPS) is 38.2. The van der Waals surface area contributed by atoms with Crippen LogP contribution in [0.5, 0.6) is 0 Å². The van der Waals surface area contributed by atoms with Gasteiger partial charge in [0.15, 0.2) is 0 Å². The maximum absolute atomic E-state index is 11.4. The summed E-state index contributed by atoms with van der Waals surface area (Å²) in [6.07, 6.45) is 2.93. The summed E-state index contributed by atoms with van der Waals surface area (Å²) in [6.45, 7) is 6.88. The molecule has 0 aromatic rings. The van der Waals surface area contributed by atoms with Crippen molar-refractivity contribution in [3.8, 4) is 0 Å². The van der Waals surface area contributed by atoms with Crippen LogP contribution in [0.1, 0.15) is 40.0 Å². The minimum Gasteiger partial charge on any atom is -0.480 e. The molecule has 2 N–H and O–H groups in total. The number of rotatable bonds is 3. The smallest absolute Gasteiger partial charge is 0.324 e. The molecule has 82 valence electrons. The van der Waals surface area contributed by atoms with Crippen LogP contribution in [0.15, 0.2) is 0 Å². The largest absolute Gasteiger partial charge is 0.480 e. The molecule has 0 bridgehead atoms. The van der Waals surface area contributed by atoms with Gasteiger partial charge in [0, 0.05) is 0 Å². The van der Waals surface area contributed by atoms with E-state index in [1.165, 1.54) is 0 Å². The third-order valence-electron chi connectivity index (χ3n) is 3.48. The maximum atomic E-state index is 11.4. The second-order valence-electron chi connectivity index (χ2n) is 4.59. The first-order valence-electron chi connectivity index (χ1n) is 5.51. The van der Waals surface area contributed by atoms with Crippen LogP contribution >= 0.6 is 0 Å². The number of likely N-dealkylation sites (N-methyl/N-ethyl adjacent to an activating group) is 1. The van der Waals surface area contributed by atoms with Crippen molar-refractivity contribution < 1.29 is 9.90 Å². The van der Waals surface area contributed by atoms with Crippen molar-refractivity contribution >= 4 is 5.97 Å². The lowest BCUT2D eigenvalue weighted by atomic mass is 9.69. The van der Waals surface area contributed by atoms with Crippen LogP contribution in [0.4, 0.5) is 0 Å². The molecule has 14 heavy (non-hydrogen) atoms. The molecular weight excluding hydrogens is 178 g/mol. The van der Waals surface area contributed by atoms with Gasteiger partial charge in [0.1, 0.15) is 5.54 Å². The summed E-state index contributed by atoms with van der Waals surface area (Å²) in [5.41, 5.74) is -0.674. The highest BCUT2D eigenvalue weighted by Gasteiger charge is 2.46. The Morgan fingerprint density at radius 3 is 2.64 bits per heavy atom. The molecule has 0 aliphatic heterocycles. The quantitative estimate of drug-likeness (QED) is 0.729. The SMILES string of the molecule is CCNC1(C(=O)O)CC(C)CCC1C. The summed E-state index contributed by atoms with van der Waals surface area (Å²) in [7, 11) is 0. The molecule has 1 aliphatic carbocycles. The van der Waals surface area contributed by atoms with Crippen LogP contribution in [0.25, 0.3) is 0 Å². The Bertz CT molecular complexity index is 217. The molecule has 1 fully saturated rings. The van der Waals surface area contributed by atoms with E-state index in [2.05, 4.69) is 12.2 Å². The number of carboxylic acids is 1. The fourth-order valence-electron chi connectivity index (χ4n) is 2.57. The number of nitrogens with one attached hydrogen (secondary N) is 1. The van der Waals surface area contributed by atoms with Crippen molar-refractivity contribution in [1.29, 1.82) is 0 Å². The van der Waals surface area contributed by atoms with Crippen molar-refractivity contribution in [1.82, 2.24) is 5.32 Å². The molecule has 3 unspecified atom stereocenters. The second kappa shape index (κ2) is 4.30. The molecule has 1 rings (SSSR count). The predicted molar refractivity (Wildman–Crippen MR) is 56.2 cm³/mol. The van der Waals surface area contributed by atoms with Crippen molar-refractivity contribution in [3.63, 3.8) is 0 Å². The van der Waals surface area contributed by atoms with Gasteiger partial charge in [-0.25, -0.2) is 0 Å². The molecule has 3 heteroatoms. The zero-order chi connectivity index (χ0) is 10.8. The monoisotopic (exact) mass is 199 g/mol. The summed E-state index contributed by atoms with van der Waals surface area (Å²) >= 11 is 0. The minimum atomic E-state index is -0.682. The van der Waals surface area contributed by atoms with E-state index in [0.29, 0.717) is 5.92 Å². The number of aliphatic carboxylic acids is 1. The van der Waals surface area contributed by atoms with E-state index in [0.717, 1.165) is 25.8 Å². The van der Waals surface area contributed by atoms with Gasteiger partial charge in [-0.05, 0) is 31.2 Å². The fraction of sp³-hybridized carbons (Fsp3) is 0.909. The second-order valence-corrected chi connectivity index (χ2v) is 4.59. The lowest BCUT2D eigenvalue weighted by Crippen LogP contribution is -2.59. The summed E-state index contributed by atoms with van der Waals surface area (Å²) in [5.74, 6) is 0.0656. The Morgan fingerprint density at radius 2 is 2.14 bits per heavy atom. The number of carboxylic acid groups (broad SMARTS) is 1. The number of hydrogen-bond donors (Lipinski definition) is 2. The van der Waals surface area contributed by atoms with Gasteiger partial charge >= 0.3 is 5.97 Å². The summed E-state index contributed by atoms with van der Waals surface area (Å²) in [6, 6.07) is 0. The molecule has 0 aromatic heterocycles. The molecule has 0 amide bonds. The van der Waals surface area contributed by atoms with Gasteiger partial charge < -0.3 is 10.4 Å². The Morgan fingerprint density at radius 1 is 1.50 bits per heavy atom. The van der Waals surface area contributed by atoms with Gasteiger partial charge in [0.05, 0.1) is 0 Å². The van der Waals surface area contributed by atoms with Crippen molar-refractivity contribution in [2.24, 2.45) is 11.8 Å². The van der Waals surface area contributed by atoms with Gasteiger partial charge in [-0.15, -0.1) is 0 Å². The van der Waals surface area contributed by atoms with Crippen molar-refractivity contribution in [2.45, 2.75) is 45.6 Å². The van der Waals surface area contributed by atoms with E-state index in [4.69, 9.17) is 0 Å². The molecule has 3 nitrogen and oxygen atoms in total. The Balaban J connectivity index is 2.86. The van der Waals surface area contributed by atoms with Gasteiger partial charge in [-0.3, -0.25) is 4.79 Å². The van der Waals surface area contributed by atoms with Gasteiger partial charge in [-0.1, -0.05) is 27.2 Å². The van der Waals surface area contributed by atoms with Crippen LogP contribution < -0.4 is 5.32 Å². The van der Waals surface area contributed by atoms with E-state index >= 15 is 0 Å². The van der Waals surface area contributed by atoms with Crippen LogP contribution in [0, 0.1) is 11.8 Å². The third-order valence-corrected chi connectivity index (χ3v) is 3.48. The molecule has 0 saturated heterocycles. The van der Waals surface area contributed by atoms with Crippen molar-refractivity contribution in [3.05, 3.63) is 0 Å². The zero-order valence-corrected chi connectivity index (χ0v) is 9.34. The summed E-state index contributed by atoms with van der Waals surface area (Å²) in [5, 5.41) is 12.5. The molecule has 0 radical (unpaired) electrons. The minimum absolute atomic E-state index is 0.233. The van der Waals surface area contributed by atoms with E-state index in [1.807, 2.05) is 13.8 Å². The summed E-state index contributed by atoms with van der Waals surface area (Å²) in [4.78, 5) is 11.4. The molecule has 1 saturated carbocycles. The van der Waals surface area contributed by atoms with E-state index in [1.54, 1.807) is 0 Å². The highest BCUT2D eigenvalue weighted by molar-refractivity contribution is 5.79. The lowest BCUT2D eigenvalue weighted by molar-refractivity contribution is -0.149. The van der Waals surface area contributed by atoms with Gasteiger partial charge in [-0.2, -0.15) is 0 Å². The third kappa shape index (κ3) is 1.92. The first kappa shape index (κ1) is 11.5. The van der Waals surface area contributed by atoms with Crippen LogP contribution in [0.3, 0.4) is 0 Å². The van der Waals surface area contributed by atoms with Gasteiger partial charge in [0.2, 0.25) is 0 Å². The van der Waals surface area contributed by atoms with Crippen LogP contribution in [-0.2, 0) is 4.79 Å². The lowest BCUT2D eigenvalue weighted by Gasteiger charge is -2.42. The fourth-order valence-corrected chi connectivity index (χ4v) is 2.57. The topological polar surface area (TPSA) is 49.3 Å². The Kier molecular flexibility index (Phi) is 3.53. The average molecular weight is 199 g/mol. The molecule has 1 aliphatic rings. The van der Waals surface area contributed by atoms with Crippen LogP contribution in [-0.4, -0.2) is 23.2 Å². The van der Waals surface area contributed by atoms with Crippen LogP contribution in [0.2, 0.25) is 0 Å². The predicted octanol–water partition coefficient (Wildman–Crippen LogP) is 1.88. The average Bonchev–Trinajstić information content (AvgIpc) is 2.11. The number of hydrogen-bond acceptors (Lipinski definition) is 2. The highest BCUT2D eigenvalue weighted by Crippen LogP contribution is 2.37. The Hall–Kier alpha value is -0.570. The van der Waals surface area contributed by atoms with E-state index < -0.39 is 11.5 Å². The Labute approximate surface area is 85.9 Å². The molecule has 3 atom stereocenters. The number of carbonyl (C=O) groups is 1.